The molecule has 2 aromatic rings. The van der Waals surface area contributed by atoms with Crippen LogP contribution in [0, 0.1) is 6.92 Å². The van der Waals surface area contributed by atoms with E-state index in [-0.39, 0.29) is 5.56 Å². The number of carboxylic acid groups (broad SMARTS) is 1. The zero-order valence-corrected chi connectivity index (χ0v) is 24.5. The van der Waals surface area contributed by atoms with Crippen molar-refractivity contribution in [2.75, 3.05) is 0 Å². The van der Waals surface area contributed by atoms with Crippen LogP contribution in [-0.2, 0) is 19.2 Å². The smallest absolute Gasteiger partial charge is 0.327 e. The quantitative estimate of drug-likeness (QED) is 0.414. The van der Waals surface area contributed by atoms with Crippen LogP contribution >= 0.6 is 23.5 Å². The maximum Gasteiger partial charge on any atom is 0.327 e. The summed E-state index contributed by atoms with van der Waals surface area (Å²) in [5, 5.41) is 18.3. The Kier molecular flexibility index (Phi) is 6.23. The van der Waals surface area contributed by atoms with E-state index in [0.29, 0.717) is 17.0 Å². The second-order valence-corrected chi connectivity index (χ2v) is 15.2. The second kappa shape index (κ2) is 9.24. The van der Waals surface area contributed by atoms with Crippen LogP contribution in [0.3, 0.4) is 0 Å². The van der Waals surface area contributed by atoms with Crippen LogP contribution in [0.15, 0.2) is 34.9 Å². The van der Waals surface area contributed by atoms with Crippen LogP contribution in [0.2, 0.25) is 0 Å². The number of carboxylic acids is 1. The van der Waals surface area contributed by atoms with E-state index in [9.17, 15) is 29.1 Å². The lowest BCUT2D eigenvalue weighted by Gasteiger charge is -2.46. The minimum absolute atomic E-state index is 0.240. The summed E-state index contributed by atoms with van der Waals surface area (Å²) in [7, 11) is 0. The van der Waals surface area contributed by atoms with E-state index in [1.165, 1.54) is 33.3 Å². The van der Waals surface area contributed by atoms with Gasteiger partial charge >= 0.3 is 5.97 Å². The lowest BCUT2D eigenvalue weighted by molar-refractivity contribution is -0.162. The highest BCUT2D eigenvalue weighted by Crippen LogP contribution is 2.53. The van der Waals surface area contributed by atoms with Gasteiger partial charge in [-0.3, -0.25) is 19.2 Å². The number of benzene rings is 1. The van der Waals surface area contributed by atoms with Gasteiger partial charge in [-0.25, -0.2) is 4.79 Å². The predicted octanol–water partition coefficient (Wildman–Crippen LogP) is 1.44. The Morgan fingerprint density at radius 2 is 1.44 bits per heavy atom. The van der Waals surface area contributed by atoms with Crippen LogP contribution in [0.25, 0.3) is 11.3 Å². The number of thioether (sulfide) groups is 2. The van der Waals surface area contributed by atoms with Gasteiger partial charge < -0.3 is 30.1 Å². The summed E-state index contributed by atoms with van der Waals surface area (Å²) in [6.07, 6.45) is 0. The van der Waals surface area contributed by atoms with Crippen molar-refractivity contribution in [1.82, 2.24) is 25.6 Å². The molecule has 6 atom stereocenters. The van der Waals surface area contributed by atoms with Crippen LogP contribution in [-0.4, -0.2) is 94.1 Å². The van der Waals surface area contributed by atoms with Gasteiger partial charge in [-0.1, -0.05) is 35.5 Å². The number of rotatable bonds is 6. The Balaban J connectivity index is 1.16. The fourth-order valence-electron chi connectivity index (χ4n) is 6.19. The molecule has 0 radical (unpaired) electrons. The van der Waals surface area contributed by atoms with Gasteiger partial charge in [0.1, 0.15) is 51.9 Å². The zero-order valence-electron chi connectivity index (χ0n) is 22.9. The molecule has 4 aliphatic rings. The number of aryl methyl sites for hydroxylation is 1. The molecule has 0 aliphatic carbocycles. The number of carbonyl (C=O) groups is 5. The molecule has 4 fully saturated rings. The first-order valence-electron chi connectivity index (χ1n) is 13.1. The molecule has 14 heteroatoms. The van der Waals surface area contributed by atoms with E-state index >= 15 is 0 Å². The average molecular weight is 600 g/mol. The molecule has 4 amide bonds. The Bertz CT molecular complexity index is 1490. The van der Waals surface area contributed by atoms with Crippen LogP contribution in [0.5, 0.6) is 0 Å². The van der Waals surface area contributed by atoms with Crippen LogP contribution < -0.4 is 10.6 Å². The maximum atomic E-state index is 13.5. The fraction of sp³-hybridized carbons (Fsp3) is 0.481. The fourth-order valence-corrected chi connectivity index (χ4v) is 9.45. The van der Waals surface area contributed by atoms with Gasteiger partial charge in [0.25, 0.3) is 5.91 Å². The molecule has 6 rings (SSSR count). The molecule has 4 aliphatic heterocycles. The van der Waals surface area contributed by atoms with Crippen molar-refractivity contribution in [1.29, 1.82) is 0 Å². The molecule has 12 nitrogen and oxygen atoms in total. The third-order valence-corrected chi connectivity index (χ3v) is 11.2. The number of hydrogen-bond donors (Lipinski definition) is 3. The molecular weight excluding hydrogens is 570 g/mol. The van der Waals surface area contributed by atoms with Gasteiger partial charge in [-0.2, -0.15) is 0 Å². The number of aliphatic carboxylic acids is 1. The Morgan fingerprint density at radius 1 is 0.902 bits per heavy atom. The molecule has 3 N–H and O–H groups in total. The number of fused-ring (bicyclic) bond motifs is 2. The highest BCUT2D eigenvalue weighted by Gasteiger charge is 2.67. The number of amides is 4. The Morgan fingerprint density at radius 3 is 2.02 bits per heavy atom. The SMILES string of the molecule is Cc1onc(-c2ccccc2)c1C(=O)NC1C(=O)N2C1SC(C)(C)C2C(=O)NC1C(=O)N2C1SC(C)(C)C2C(=O)O. The number of hydrogen-bond acceptors (Lipinski definition) is 9. The van der Waals surface area contributed by atoms with E-state index in [2.05, 4.69) is 15.8 Å². The molecule has 216 valence electrons. The number of nitrogens with zero attached hydrogens (tertiary/aromatic N) is 3. The molecule has 1 aromatic heterocycles. The van der Waals surface area contributed by atoms with Gasteiger partial charge in [-0.05, 0) is 34.6 Å². The average Bonchev–Trinajstić information content (AvgIpc) is 3.51. The predicted molar refractivity (Wildman–Crippen MR) is 150 cm³/mol. The Labute approximate surface area is 243 Å². The molecule has 0 saturated carbocycles. The molecule has 1 aromatic carbocycles. The van der Waals surface area contributed by atoms with Crippen molar-refractivity contribution in [2.45, 2.75) is 79.0 Å². The summed E-state index contributed by atoms with van der Waals surface area (Å²) >= 11 is 2.74. The molecular formula is C27H29N5O7S2. The first-order chi connectivity index (χ1) is 19.2. The summed E-state index contributed by atoms with van der Waals surface area (Å²) in [4.78, 5) is 67.7. The lowest BCUT2D eigenvalue weighted by Crippen LogP contribution is -2.74. The summed E-state index contributed by atoms with van der Waals surface area (Å²) in [5.41, 5.74) is 1.31. The molecule has 0 bridgehead atoms. The number of β-lactam (4-membered cyclic amide) rings is 2. The van der Waals surface area contributed by atoms with Crippen molar-refractivity contribution in [3.05, 3.63) is 41.7 Å². The largest absolute Gasteiger partial charge is 0.480 e. The van der Waals surface area contributed by atoms with Crippen molar-refractivity contribution in [3.63, 3.8) is 0 Å². The number of aromatic nitrogens is 1. The highest BCUT2D eigenvalue weighted by atomic mass is 32.2. The highest BCUT2D eigenvalue weighted by molar-refractivity contribution is 8.02. The second-order valence-electron chi connectivity index (χ2n) is 11.6. The van der Waals surface area contributed by atoms with E-state index in [4.69, 9.17) is 4.52 Å². The van der Waals surface area contributed by atoms with E-state index in [1.807, 2.05) is 44.2 Å². The van der Waals surface area contributed by atoms with Crippen LogP contribution in [0.1, 0.15) is 43.8 Å². The normalized spacial score (nSPS) is 30.7. The molecule has 5 heterocycles. The lowest BCUT2D eigenvalue weighted by atomic mass is 9.93. The molecule has 41 heavy (non-hydrogen) atoms. The van der Waals surface area contributed by atoms with E-state index < -0.39 is 74.0 Å². The summed E-state index contributed by atoms with van der Waals surface area (Å²) in [5.74, 6) is -2.61. The minimum Gasteiger partial charge on any atom is -0.480 e. The van der Waals surface area contributed by atoms with Gasteiger partial charge in [0, 0.05) is 15.1 Å². The summed E-state index contributed by atoms with van der Waals surface area (Å²) < 4.78 is 3.86. The summed E-state index contributed by atoms with van der Waals surface area (Å²) in [6, 6.07) is 5.50. The van der Waals surface area contributed by atoms with Gasteiger partial charge in [-0.15, -0.1) is 23.5 Å². The topological polar surface area (TPSA) is 162 Å². The van der Waals surface area contributed by atoms with Crippen molar-refractivity contribution >= 4 is 53.1 Å². The first kappa shape index (κ1) is 27.6. The van der Waals surface area contributed by atoms with Gasteiger partial charge in [0.2, 0.25) is 17.7 Å². The Hall–Kier alpha value is -3.52. The van der Waals surface area contributed by atoms with E-state index in [1.54, 1.807) is 20.8 Å². The summed E-state index contributed by atoms with van der Waals surface area (Å²) in [6.45, 7) is 8.83. The van der Waals surface area contributed by atoms with Gasteiger partial charge in [0.05, 0.1) is 0 Å². The molecule has 4 saturated heterocycles. The van der Waals surface area contributed by atoms with Crippen molar-refractivity contribution in [2.24, 2.45) is 0 Å². The van der Waals surface area contributed by atoms with Crippen molar-refractivity contribution in [3.8, 4) is 11.3 Å². The van der Waals surface area contributed by atoms with Gasteiger partial charge in [0.15, 0.2) is 0 Å². The standard InChI is InChI=1S/C27H29N5O7S2/c1-11-13(14(30-39-11)12-9-7-6-8-10-12)19(33)28-15-21(35)31-17(26(2,3)40-23(15)31)20(34)29-16-22(36)32-18(25(37)38)27(4,5)41-24(16)32/h6-10,15-18,23-24H,1-5H3,(H,28,33)(H,29,34)(H,37,38). The van der Waals surface area contributed by atoms with Crippen molar-refractivity contribution < 1.29 is 33.6 Å². The minimum atomic E-state index is -1.09. The van der Waals surface area contributed by atoms with E-state index in [0.717, 1.165) is 0 Å². The molecule has 6 unspecified atom stereocenters. The maximum absolute atomic E-state index is 13.5. The number of carbonyl (C=O) groups excluding carboxylic acids is 4. The molecule has 0 spiro atoms. The first-order valence-corrected chi connectivity index (χ1v) is 14.9. The van der Waals surface area contributed by atoms with Crippen LogP contribution in [0.4, 0.5) is 0 Å². The monoisotopic (exact) mass is 599 g/mol. The number of nitrogens with one attached hydrogen (secondary N) is 2. The third-order valence-electron chi connectivity index (χ3n) is 8.09. The third kappa shape index (κ3) is 4.05. The zero-order chi connectivity index (χ0) is 29.6.